The molecule has 0 N–H and O–H groups in total. The standard InChI is InChI=1S/C17H19ClN4S/c1-2-17-20-15(12-23-17)11-21-5-7-22(8-6-21)16-4-3-14(18)9-13(16)10-19/h3-4,9,12H,2,5-8,11H2,1H3. The molecule has 1 aromatic carbocycles. The van der Waals surface area contributed by atoms with Crippen LogP contribution in [0.1, 0.15) is 23.2 Å². The van der Waals surface area contributed by atoms with Crippen LogP contribution in [0.3, 0.4) is 0 Å². The molecule has 1 aromatic heterocycles. The molecule has 0 atom stereocenters. The molecule has 1 fully saturated rings. The van der Waals surface area contributed by atoms with Crippen LogP contribution in [0.25, 0.3) is 0 Å². The third-order valence-electron chi connectivity index (χ3n) is 4.08. The molecular formula is C17H19ClN4S. The van der Waals surface area contributed by atoms with E-state index in [1.54, 1.807) is 17.4 Å². The number of aromatic nitrogens is 1. The van der Waals surface area contributed by atoms with Crippen molar-refractivity contribution in [3.8, 4) is 6.07 Å². The highest BCUT2D eigenvalue weighted by molar-refractivity contribution is 7.09. The normalized spacial score (nSPS) is 15.6. The van der Waals surface area contributed by atoms with Crippen LogP contribution < -0.4 is 4.90 Å². The number of hydrogen-bond donors (Lipinski definition) is 0. The van der Waals surface area contributed by atoms with Crippen LogP contribution >= 0.6 is 22.9 Å². The molecule has 1 aliphatic heterocycles. The van der Waals surface area contributed by atoms with Gasteiger partial charge in [-0.05, 0) is 24.6 Å². The van der Waals surface area contributed by atoms with Gasteiger partial charge in [-0.25, -0.2) is 4.98 Å². The van der Waals surface area contributed by atoms with Crippen LogP contribution in [0.5, 0.6) is 0 Å². The summed E-state index contributed by atoms with van der Waals surface area (Å²) >= 11 is 7.72. The lowest BCUT2D eigenvalue weighted by Crippen LogP contribution is -2.46. The zero-order valence-electron chi connectivity index (χ0n) is 13.1. The average molecular weight is 347 g/mol. The maximum absolute atomic E-state index is 9.29. The summed E-state index contributed by atoms with van der Waals surface area (Å²) < 4.78 is 0. The Morgan fingerprint density at radius 2 is 2.09 bits per heavy atom. The van der Waals surface area contributed by atoms with Crippen molar-refractivity contribution in [1.82, 2.24) is 9.88 Å². The maximum atomic E-state index is 9.29. The van der Waals surface area contributed by atoms with Crippen LogP contribution in [0, 0.1) is 11.3 Å². The number of nitriles is 1. The van der Waals surface area contributed by atoms with Crippen molar-refractivity contribution >= 4 is 28.6 Å². The minimum atomic E-state index is 0.610. The van der Waals surface area contributed by atoms with Crippen molar-refractivity contribution in [2.24, 2.45) is 0 Å². The molecule has 1 saturated heterocycles. The third kappa shape index (κ3) is 3.84. The summed E-state index contributed by atoms with van der Waals surface area (Å²) in [5, 5.41) is 13.3. The molecule has 0 amide bonds. The first-order valence-corrected chi connectivity index (χ1v) is 9.05. The summed E-state index contributed by atoms with van der Waals surface area (Å²) in [5.41, 5.74) is 2.81. The molecule has 2 aromatic rings. The lowest BCUT2D eigenvalue weighted by atomic mass is 10.1. The first-order valence-electron chi connectivity index (χ1n) is 7.80. The van der Waals surface area contributed by atoms with Crippen LogP contribution in [-0.2, 0) is 13.0 Å². The van der Waals surface area contributed by atoms with E-state index in [9.17, 15) is 5.26 Å². The summed E-state index contributed by atoms with van der Waals surface area (Å²) in [7, 11) is 0. The molecule has 0 spiro atoms. The monoisotopic (exact) mass is 346 g/mol. The Kier molecular flexibility index (Phi) is 5.16. The van der Waals surface area contributed by atoms with Gasteiger partial charge in [0.25, 0.3) is 0 Å². The van der Waals surface area contributed by atoms with E-state index in [1.807, 2.05) is 12.1 Å². The van der Waals surface area contributed by atoms with E-state index in [0.717, 1.165) is 44.8 Å². The summed E-state index contributed by atoms with van der Waals surface area (Å²) in [6.07, 6.45) is 1.01. The van der Waals surface area contributed by atoms with Crippen LogP contribution in [0.2, 0.25) is 5.02 Å². The fourth-order valence-electron chi connectivity index (χ4n) is 2.83. The lowest BCUT2D eigenvalue weighted by Gasteiger charge is -2.36. The summed E-state index contributed by atoms with van der Waals surface area (Å²) in [6.45, 7) is 6.84. The predicted molar refractivity (Wildman–Crippen MR) is 95.1 cm³/mol. The number of aryl methyl sites for hydroxylation is 1. The van der Waals surface area contributed by atoms with Crippen molar-refractivity contribution in [1.29, 1.82) is 5.26 Å². The van der Waals surface area contributed by atoms with Gasteiger partial charge in [-0.15, -0.1) is 11.3 Å². The Morgan fingerprint density at radius 1 is 1.30 bits per heavy atom. The van der Waals surface area contributed by atoms with Crippen molar-refractivity contribution in [2.75, 3.05) is 31.1 Å². The quantitative estimate of drug-likeness (QED) is 0.849. The Bertz CT molecular complexity index is 714. The van der Waals surface area contributed by atoms with E-state index >= 15 is 0 Å². The van der Waals surface area contributed by atoms with Crippen molar-refractivity contribution in [2.45, 2.75) is 19.9 Å². The van der Waals surface area contributed by atoms with Gasteiger partial charge in [0.15, 0.2) is 0 Å². The number of piperazine rings is 1. The molecule has 4 nitrogen and oxygen atoms in total. The van der Waals surface area contributed by atoms with Gasteiger partial charge < -0.3 is 4.90 Å². The van der Waals surface area contributed by atoms with E-state index in [0.29, 0.717) is 10.6 Å². The van der Waals surface area contributed by atoms with Gasteiger partial charge in [0.05, 0.1) is 22.0 Å². The maximum Gasteiger partial charge on any atom is 0.101 e. The molecule has 0 radical (unpaired) electrons. The molecule has 0 bridgehead atoms. The van der Waals surface area contributed by atoms with E-state index < -0.39 is 0 Å². The average Bonchev–Trinajstić information content (AvgIpc) is 3.03. The van der Waals surface area contributed by atoms with Gasteiger partial charge >= 0.3 is 0 Å². The Balaban J connectivity index is 1.61. The lowest BCUT2D eigenvalue weighted by molar-refractivity contribution is 0.247. The van der Waals surface area contributed by atoms with E-state index in [2.05, 4.69) is 33.2 Å². The smallest absolute Gasteiger partial charge is 0.101 e. The first kappa shape index (κ1) is 16.3. The highest BCUT2D eigenvalue weighted by atomic mass is 35.5. The summed E-state index contributed by atoms with van der Waals surface area (Å²) in [4.78, 5) is 9.33. The highest BCUT2D eigenvalue weighted by Crippen LogP contribution is 2.25. The summed E-state index contributed by atoms with van der Waals surface area (Å²) in [5.74, 6) is 0. The number of halogens is 1. The van der Waals surface area contributed by atoms with Crippen molar-refractivity contribution < 1.29 is 0 Å². The second-order valence-corrected chi connectivity index (χ2v) is 7.00. The Hall–Kier alpha value is -1.61. The molecule has 6 heteroatoms. The van der Waals surface area contributed by atoms with Gasteiger partial charge in [-0.2, -0.15) is 5.26 Å². The van der Waals surface area contributed by atoms with E-state index in [4.69, 9.17) is 11.6 Å². The number of benzene rings is 1. The predicted octanol–water partition coefficient (Wildman–Crippen LogP) is 3.55. The molecular weight excluding hydrogens is 328 g/mol. The van der Waals surface area contributed by atoms with Gasteiger partial charge in [-0.3, -0.25) is 4.90 Å². The van der Waals surface area contributed by atoms with Crippen molar-refractivity contribution in [3.63, 3.8) is 0 Å². The van der Waals surface area contributed by atoms with E-state index in [1.165, 1.54) is 10.7 Å². The molecule has 2 heterocycles. The molecule has 0 unspecified atom stereocenters. The SMILES string of the molecule is CCc1nc(CN2CCN(c3ccc(Cl)cc3C#N)CC2)cs1. The molecule has 0 aliphatic carbocycles. The van der Waals surface area contributed by atoms with Gasteiger partial charge in [-0.1, -0.05) is 18.5 Å². The molecule has 120 valence electrons. The number of anilines is 1. The van der Waals surface area contributed by atoms with Crippen LogP contribution in [0.15, 0.2) is 23.6 Å². The topological polar surface area (TPSA) is 43.2 Å². The fourth-order valence-corrected chi connectivity index (χ4v) is 3.74. The molecule has 23 heavy (non-hydrogen) atoms. The number of thiazole rings is 1. The van der Waals surface area contributed by atoms with Gasteiger partial charge in [0.2, 0.25) is 0 Å². The number of nitrogens with zero attached hydrogens (tertiary/aromatic N) is 4. The molecule has 1 aliphatic rings. The molecule has 0 saturated carbocycles. The largest absolute Gasteiger partial charge is 0.368 e. The zero-order chi connectivity index (χ0) is 16.2. The van der Waals surface area contributed by atoms with Crippen LogP contribution in [0.4, 0.5) is 5.69 Å². The van der Waals surface area contributed by atoms with Gasteiger partial charge in [0.1, 0.15) is 6.07 Å². The second-order valence-electron chi connectivity index (χ2n) is 5.62. The van der Waals surface area contributed by atoms with Gasteiger partial charge in [0, 0.05) is 43.1 Å². The fraction of sp³-hybridized carbons (Fsp3) is 0.412. The Labute approximate surface area is 145 Å². The second kappa shape index (κ2) is 7.31. The van der Waals surface area contributed by atoms with Crippen LogP contribution in [-0.4, -0.2) is 36.1 Å². The number of rotatable bonds is 4. The highest BCUT2D eigenvalue weighted by Gasteiger charge is 2.20. The Morgan fingerprint density at radius 3 is 2.74 bits per heavy atom. The van der Waals surface area contributed by atoms with E-state index in [-0.39, 0.29) is 0 Å². The minimum absolute atomic E-state index is 0.610. The first-order chi connectivity index (χ1) is 11.2. The molecule has 3 rings (SSSR count). The number of hydrogen-bond acceptors (Lipinski definition) is 5. The van der Waals surface area contributed by atoms with Crippen molar-refractivity contribution in [3.05, 3.63) is 44.9 Å². The summed E-state index contributed by atoms with van der Waals surface area (Å²) in [6, 6.07) is 7.79. The zero-order valence-corrected chi connectivity index (χ0v) is 14.7. The minimum Gasteiger partial charge on any atom is -0.368 e. The third-order valence-corrected chi connectivity index (χ3v) is 5.36.